The number of rotatable bonds is 1. The largest absolute Gasteiger partial charge is 0.333 e. The molecular formula is C18H20N4O4. The van der Waals surface area contributed by atoms with Gasteiger partial charge in [0.2, 0.25) is 5.91 Å². The van der Waals surface area contributed by atoms with Crippen molar-refractivity contribution in [2.24, 2.45) is 0 Å². The molecule has 1 aromatic rings. The minimum absolute atomic E-state index is 0.115. The Bertz CT molecular complexity index is 817. The molecule has 1 N–H and O–H groups in total. The van der Waals surface area contributed by atoms with Gasteiger partial charge in [0, 0.05) is 27.4 Å². The van der Waals surface area contributed by atoms with Gasteiger partial charge in [-0.2, -0.15) is 0 Å². The van der Waals surface area contributed by atoms with E-state index in [2.05, 4.69) is 5.43 Å². The number of benzene rings is 1. The topological polar surface area (TPSA) is 90.0 Å². The Morgan fingerprint density at radius 2 is 1.58 bits per heavy atom. The highest BCUT2D eigenvalue weighted by atomic mass is 16.2. The van der Waals surface area contributed by atoms with Crippen LogP contribution in [0.5, 0.6) is 0 Å². The van der Waals surface area contributed by atoms with Crippen molar-refractivity contribution in [3.8, 4) is 0 Å². The lowest BCUT2D eigenvalue weighted by Gasteiger charge is -2.29. The normalized spacial score (nSPS) is 20.8. The van der Waals surface area contributed by atoms with Gasteiger partial charge in [-0.05, 0) is 12.5 Å². The third-order valence-corrected chi connectivity index (χ3v) is 4.68. The zero-order valence-corrected chi connectivity index (χ0v) is 15.1. The van der Waals surface area contributed by atoms with Gasteiger partial charge in [-0.15, -0.1) is 0 Å². The van der Waals surface area contributed by atoms with Gasteiger partial charge in [0.1, 0.15) is 5.57 Å². The van der Waals surface area contributed by atoms with Gasteiger partial charge in [-0.3, -0.25) is 29.6 Å². The van der Waals surface area contributed by atoms with Crippen molar-refractivity contribution in [1.82, 2.24) is 20.2 Å². The Morgan fingerprint density at radius 3 is 2.08 bits per heavy atom. The Hall–Kier alpha value is -3.16. The summed E-state index contributed by atoms with van der Waals surface area (Å²) in [5.41, 5.74) is 5.10. The molecule has 0 aliphatic carbocycles. The molecule has 3 rings (SSSR count). The van der Waals surface area contributed by atoms with E-state index in [4.69, 9.17) is 0 Å². The molecule has 1 atom stereocenters. The van der Waals surface area contributed by atoms with E-state index < -0.39 is 17.8 Å². The van der Waals surface area contributed by atoms with Crippen molar-refractivity contribution in [3.05, 3.63) is 46.7 Å². The van der Waals surface area contributed by atoms with E-state index in [0.717, 1.165) is 20.9 Å². The molecule has 2 aliphatic heterocycles. The van der Waals surface area contributed by atoms with Gasteiger partial charge in [0.05, 0.1) is 11.7 Å². The molecule has 2 saturated heterocycles. The van der Waals surface area contributed by atoms with Crippen LogP contribution in [0.4, 0.5) is 4.79 Å². The molecule has 136 valence electrons. The lowest BCUT2D eigenvalue weighted by atomic mass is 9.99. The summed E-state index contributed by atoms with van der Waals surface area (Å²) >= 11 is 0. The van der Waals surface area contributed by atoms with Gasteiger partial charge in [-0.1, -0.05) is 29.8 Å². The first-order valence-corrected chi connectivity index (χ1v) is 8.18. The summed E-state index contributed by atoms with van der Waals surface area (Å²) in [6.45, 7) is 3.38. The van der Waals surface area contributed by atoms with Gasteiger partial charge in [0.15, 0.2) is 0 Å². The molecule has 8 heteroatoms. The van der Waals surface area contributed by atoms with Gasteiger partial charge >= 0.3 is 6.03 Å². The van der Waals surface area contributed by atoms with Crippen LogP contribution in [0.1, 0.15) is 30.5 Å². The minimum Gasteiger partial charge on any atom is -0.298 e. The summed E-state index contributed by atoms with van der Waals surface area (Å²) in [6, 6.07) is 6.69. The second-order valence-electron chi connectivity index (χ2n) is 6.50. The second kappa shape index (κ2) is 6.29. The predicted molar refractivity (Wildman–Crippen MR) is 92.2 cm³/mol. The van der Waals surface area contributed by atoms with Crippen molar-refractivity contribution < 1.29 is 19.2 Å². The maximum atomic E-state index is 12.5. The fraction of sp³-hybridized carbons (Fsp3) is 0.333. The lowest BCUT2D eigenvalue weighted by molar-refractivity contribution is -0.135. The van der Waals surface area contributed by atoms with Crippen LogP contribution in [0.3, 0.4) is 0 Å². The number of nitrogens with one attached hydrogen (secondary N) is 1. The molecule has 1 unspecified atom stereocenters. The third-order valence-electron chi connectivity index (χ3n) is 4.68. The molecule has 0 spiro atoms. The first kappa shape index (κ1) is 17.7. The van der Waals surface area contributed by atoms with Crippen LogP contribution in [0.2, 0.25) is 0 Å². The fourth-order valence-corrected chi connectivity index (χ4v) is 3.15. The molecule has 0 saturated carbocycles. The zero-order valence-electron chi connectivity index (χ0n) is 15.1. The van der Waals surface area contributed by atoms with Crippen LogP contribution in [-0.2, 0) is 14.4 Å². The number of barbiturate groups is 1. The number of aryl methyl sites for hydroxylation is 1. The Kier molecular flexibility index (Phi) is 4.27. The van der Waals surface area contributed by atoms with Crippen molar-refractivity contribution in [1.29, 1.82) is 0 Å². The van der Waals surface area contributed by atoms with E-state index in [1.54, 1.807) is 0 Å². The first-order chi connectivity index (χ1) is 12.2. The van der Waals surface area contributed by atoms with E-state index in [-0.39, 0.29) is 23.9 Å². The van der Waals surface area contributed by atoms with Crippen molar-refractivity contribution in [3.63, 3.8) is 0 Å². The van der Waals surface area contributed by atoms with Crippen molar-refractivity contribution in [2.75, 3.05) is 14.1 Å². The number of likely N-dealkylation sites (N-methyl/N-ethyl adjacent to an activating group) is 2. The number of imide groups is 2. The summed E-state index contributed by atoms with van der Waals surface area (Å²) in [5.74, 6) is -1.58. The molecule has 2 heterocycles. The fourth-order valence-electron chi connectivity index (χ4n) is 3.15. The van der Waals surface area contributed by atoms with Gasteiger partial charge in [0.25, 0.3) is 11.8 Å². The number of urea groups is 1. The quantitative estimate of drug-likeness (QED) is 0.601. The van der Waals surface area contributed by atoms with Crippen LogP contribution < -0.4 is 5.43 Å². The number of nitrogens with zero attached hydrogens (tertiary/aromatic N) is 3. The number of carbonyl (C=O) groups excluding carboxylic acids is 4. The van der Waals surface area contributed by atoms with Crippen LogP contribution in [0, 0.1) is 6.92 Å². The molecule has 2 fully saturated rings. The number of amides is 5. The summed E-state index contributed by atoms with van der Waals surface area (Å²) in [6.07, 6.45) is 0.283. The highest BCUT2D eigenvalue weighted by Crippen LogP contribution is 2.34. The highest BCUT2D eigenvalue weighted by Gasteiger charge is 2.43. The van der Waals surface area contributed by atoms with Crippen LogP contribution in [0.15, 0.2) is 35.5 Å². The summed E-state index contributed by atoms with van der Waals surface area (Å²) in [4.78, 5) is 50.7. The van der Waals surface area contributed by atoms with Crippen LogP contribution >= 0.6 is 0 Å². The highest BCUT2D eigenvalue weighted by molar-refractivity contribution is 6.28. The molecule has 0 aromatic heterocycles. The van der Waals surface area contributed by atoms with Crippen molar-refractivity contribution >= 4 is 23.8 Å². The Labute approximate surface area is 151 Å². The number of carbonyl (C=O) groups is 4. The monoisotopic (exact) mass is 356 g/mol. The maximum absolute atomic E-state index is 12.5. The van der Waals surface area contributed by atoms with E-state index >= 15 is 0 Å². The van der Waals surface area contributed by atoms with Gasteiger partial charge < -0.3 is 0 Å². The maximum Gasteiger partial charge on any atom is 0.333 e. The van der Waals surface area contributed by atoms with E-state index in [1.165, 1.54) is 26.0 Å². The first-order valence-electron chi connectivity index (χ1n) is 8.18. The average Bonchev–Trinajstić information content (AvgIpc) is 3.04. The van der Waals surface area contributed by atoms with Crippen LogP contribution in [-0.4, -0.2) is 52.7 Å². The zero-order chi connectivity index (χ0) is 19.2. The Morgan fingerprint density at radius 1 is 1.04 bits per heavy atom. The molecule has 5 amide bonds. The van der Waals surface area contributed by atoms with Gasteiger partial charge in [-0.25, -0.2) is 9.80 Å². The van der Waals surface area contributed by atoms with E-state index in [9.17, 15) is 19.2 Å². The molecule has 8 nitrogen and oxygen atoms in total. The Balaban J connectivity index is 2.03. The minimum atomic E-state index is -0.680. The number of hydrogen-bond acceptors (Lipinski definition) is 5. The van der Waals surface area contributed by atoms with E-state index in [0.29, 0.717) is 5.70 Å². The molecule has 2 aliphatic rings. The summed E-state index contributed by atoms with van der Waals surface area (Å²) in [5, 5.41) is 1.41. The predicted octanol–water partition coefficient (Wildman–Crippen LogP) is 1.10. The van der Waals surface area contributed by atoms with E-state index in [1.807, 2.05) is 31.2 Å². The summed E-state index contributed by atoms with van der Waals surface area (Å²) < 4.78 is 0. The molecule has 1 aromatic carbocycles. The smallest absolute Gasteiger partial charge is 0.298 e. The standard InChI is InChI=1S/C18H20N4O4/c1-10-5-7-12(8-6-10)14-9-13(19-22(14)11(2)23)15-16(24)20(3)18(26)21(4)17(15)25/h5-8,14,19H,9H2,1-4H3. The average molecular weight is 356 g/mol. The number of hydrogen-bond donors (Lipinski definition) is 1. The third kappa shape index (κ3) is 2.73. The van der Waals surface area contributed by atoms with Crippen LogP contribution in [0.25, 0.3) is 0 Å². The number of hydrazine groups is 1. The SMILES string of the molecule is CC(=O)N1NC(=C2C(=O)N(C)C(=O)N(C)C2=O)CC1c1ccc(C)cc1. The summed E-state index contributed by atoms with van der Waals surface area (Å²) in [7, 11) is 2.65. The molecule has 0 bridgehead atoms. The molecule has 0 radical (unpaired) electrons. The lowest BCUT2D eigenvalue weighted by Crippen LogP contribution is -2.54. The molecular weight excluding hydrogens is 336 g/mol. The second-order valence-corrected chi connectivity index (χ2v) is 6.50. The molecule has 26 heavy (non-hydrogen) atoms. The van der Waals surface area contributed by atoms with Crippen molar-refractivity contribution in [2.45, 2.75) is 26.3 Å².